The number of benzene rings is 1. The van der Waals surface area contributed by atoms with E-state index in [-0.39, 0.29) is 5.91 Å². The molecule has 1 aromatic rings. The van der Waals surface area contributed by atoms with Gasteiger partial charge in [-0.1, -0.05) is 17.7 Å². The lowest BCUT2D eigenvalue weighted by Gasteiger charge is -2.35. The third-order valence-electron chi connectivity index (χ3n) is 3.42. The normalized spacial score (nSPS) is 16.7. The van der Waals surface area contributed by atoms with Gasteiger partial charge >= 0.3 is 0 Å². The van der Waals surface area contributed by atoms with Gasteiger partial charge in [0.05, 0.1) is 6.54 Å². The molecule has 0 radical (unpaired) electrons. The Balaban J connectivity index is 1.86. The second-order valence-electron chi connectivity index (χ2n) is 4.77. The van der Waals surface area contributed by atoms with Crippen molar-refractivity contribution in [2.75, 3.05) is 44.7 Å². The molecule has 0 spiro atoms. The standard InChI is InChI=1S/C14H21N3O/c1-12-3-5-13(6-4-12)17-9-7-16(8-10-17)11-14(18)15-2/h3-6H,7-11H2,1-2H3,(H,15,18). The van der Waals surface area contributed by atoms with Gasteiger partial charge in [0.1, 0.15) is 0 Å². The highest BCUT2D eigenvalue weighted by Crippen LogP contribution is 2.16. The first kappa shape index (κ1) is 12.9. The van der Waals surface area contributed by atoms with Crippen molar-refractivity contribution in [3.05, 3.63) is 29.8 Å². The number of carbonyl (C=O) groups excluding carboxylic acids is 1. The van der Waals surface area contributed by atoms with E-state index >= 15 is 0 Å². The van der Waals surface area contributed by atoms with Crippen LogP contribution in [0, 0.1) is 6.92 Å². The number of nitrogens with one attached hydrogen (secondary N) is 1. The summed E-state index contributed by atoms with van der Waals surface area (Å²) in [6, 6.07) is 8.63. The molecular formula is C14H21N3O. The van der Waals surface area contributed by atoms with Crippen molar-refractivity contribution in [2.24, 2.45) is 0 Å². The third-order valence-corrected chi connectivity index (χ3v) is 3.42. The van der Waals surface area contributed by atoms with Gasteiger partial charge < -0.3 is 10.2 Å². The lowest BCUT2D eigenvalue weighted by Crippen LogP contribution is -2.49. The largest absolute Gasteiger partial charge is 0.369 e. The fourth-order valence-corrected chi connectivity index (χ4v) is 2.20. The summed E-state index contributed by atoms with van der Waals surface area (Å²) >= 11 is 0. The van der Waals surface area contributed by atoms with Gasteiger partial charge in [0.2, 0.25) is 5.91 Å². The Morgan fingerprint density at radius 2 is 1.78 bits per heavy atom. The zero-order chi connectivity index (χ0) is 13.0. The number of amides is 1. The van der Waals surface area contributed by atoms with E-state index in [4.69, 9.17) is 0 Å². The van der Waals surface area contributed by atoms with Gasteiger partial charge in [-0.3, -0.25) is 9.69 Å². The summed E-state index contributed by atoms with van der Waals surface area (Å²) in [4.78, 5) is 15.9. The number of carbonyl (C=O) groups is 1. The Labute approximate surface area is 109 Å². The van der Waals surface area contributed by atoms with Gasteiger partial charge in [-0.05, 0) is 19.1 Å². The van der Waals surface area contributed by atoms with Crippen molar-refractivity contribution >= 4 is 11.6 Å². The summed E-state index contributed by atoms with van der Waals surface area (Å²) in [6.07, 6.45) is 0. The topological polar surface area (TPSA) is 35.6 Å². The monoisotopic (exact) mass is 247 g/mol. The van der Waals surface area contributed by atoms with Crippen LogP contribution in [0.2, 0.25) is 0 Å². The summed E-state index contributed by atoms with van der Waals surface area (Å²) in [6.45, 7) is 6.48. The minimum atomic E-state index is 0.0961. The number of anilines is 1. The van der Waals surface area contributed by atoms with Crippen molar-refractivity contribution in [3.8, 4) is 0 Å². The van der Waals surface area contributed by atoms with Gasteiger partial charge in [-0.25, -0.2) is 0 Å². The predicted octanol–water partition coefficient (Wildman–Crippen LogP) is 0.863. The smallest absolute Gasteiger partial charge is 0.233 e. The van der Waals surface area contributed by atoms with Crippen LogP contribution < -0.4 is 10.2 Å². The molecule has 0 unspecified atom stereocenters. The second-order valence-corrected chi connectivity index (χ2v) is 4.77. The van der Waals surface area contributed by atoms with Crippen LogP contribution in [0.4, 0.5) is 5.69 Å². The molecule has 4 nitrogen and oxygen atoms in total. The summed E-state index contributed by atoms with van der Waals surface area (Å²) in [5, 5.41) is 2.67. The minimum absolute atomic E-state index is 0.0961. The fraction of sp³-hybridized carbons (Fsp3) is 0.500. The van der Waals surface area contributed by atoms with Crippen LogP contribution in [0.3, 0.4) is 0 Å². The molecular weight excluding hydrogens is 226 g/mol. The van der Waals surface area contributed by atoms with E-state index in [9.17, 15) is 4.79 Å². The summed E-state index contributed by atoms with van der Waals surface area (Å²) < 4.78 is 0. The maximum Gasteiger partial charge on any atom is 0.233 e. The zero-order valence-electron chi connectivity index (χ0n) is 11.1. The maximum atomic E-state index is 11.3. The van der Waals surface area contributed by atoms with E-state index in [1.54, 1.807) is 7.05 Å². The molecule has 0 atom stereocenters. The number of nitrogens with zero attached hydrogens (tertiary/aromatic N) is 2. The molecule has 4 heteroatoms. The minimum Gasteiger partial charge on any atom is -0.369 e. The molecule has 1 aromatic carbocycles. The molecule has 2 rings (SSSR count). The molecule has 18 heavy (non-hydrogen) atoms. The summed E-state index contributed by atoms with van der Waals surface area (Å²) in [5.41, 5.74) is 2.57. The number of piperazine rings is 1. The van der Waals surface area contributed by atoms with Crippen LogP contribution in [-0.4, -0.2) is 50.6 Å². The van der Waals surface area contributed by atoms with Gasteiger partial charge in [0.15, 0.2) is 0 Å². The quantitative estimate of drug-likeness (QED) is 0.860. The molecule has 1 amide bonds. The van der Waals surface area contributed by atoms with Gasteiger partial charge in [-0.15, -0.1) is 0 Å². The van der Waals surface area contributed by atoms with Gasteiger partial charge in [0.25, 0.3) is 0 Å². The van der Waals surface area contributed by atoms with E-state index in [1.165, 1.54) is 11.3 Å². The average molecular weight is 247 g/mol. The first-order valence-corrected chi connectivity index (χ1v) is 6.43. The first-order chi connectivity index (χ1) is 8.69. The molecule has 1 saturated heterocycles. The summed E-state index contributed by atoms with van der Waals surface area (Å²) in [5.74, 6) is 0.0961. The van der Waals surface area contributed by atoms with Crippen molar-refractivity contribution in [1.29, 1.82) is 0 Å². The van der Waals surface area contributed by atoms with Crippen molar-refractivity contribution in [3.63, 3.8) is 0 Å². The van der Waals surface area contributed by atoms with Crippen molar-refractivity contribution in [2.45, 2.75) is 6.92 Å². The Bertz CT molecular complexity index is 394. The predicted molar refractivity (Wildman–Crippen MR) is 73.9 cm³/mol. The van der Waals surface area contributed by atoms with Crippen LogP contribution in [0.1, 0.15) is 5.56 Å². The number of aryl methyl sites for hydroxylation is 1. The van der Waals surface area contributed by atoms with E-state index < -0.39 is 0 Å². The highest BCUT2D eigenvalue weighted by Gasteiger charge is 2.18. The fourth-order valence-electron chi connectivity index (χ4n) is 2.20. The molecule has 1 aliphatic rings. The highest BCUT2D eigenvalue weighted by molar-refractivity contribution is 5.77. The van der Waals surface area contributed by atoms with Crippen LogP contribution in [0.25, 0.3) is 0 Å². The van der Waals surface area contributed by atoms with E-state index in [0.29, 0.717) is 6.54 Å². The number of hydrogen-bond acceptors (Lipinski definition) is 3. The average Bonchev–Trinajstić information content (AvgIpc) is 2.40. The van der Waals surface area contributed by atoms with Crippen LogP contribution in [0.15, 0.2) is 24.3 Å². The molecule has 1 heterocycles. The molecule has 0 bridgehead atoms. The Hall–Kier alpha value is -1.55. The van der Waals surface area contributed by atoms with Crippen LogP contribution >= 0.6 is 0 Å². The molecule has 0 aliphatic carbocycles. The second kappa shape index (κ2) is 5.87. The van der Waals surface area contributed by atoms with Crippen LogP contribution in [0.5, 0.6) is 0 Å². The van der Waals surface area contributed by atoms with Crippen molar-refractivity contribution in [1.82, 2.24) is 10.2 Å². The van der Waals surface area contributed by atoms with Gasteiger partial charge in [-0.2, -0.15) is 0 Å². The Kier molecular flexibility index (Phi) is 4.20. The highest BCUT2D eigenvalue weighted by atomic mass is 16.1. The molecule has 1 fully saturated rings. The van der Waals surface area contributed by atoms with E-state index in [2.05, 4.69) is 46.3 Å². The lowest BCUT2D eigenvalue weighted by molar-refractivity contribution is -0.121. The third kappa shape index (κ3) is 3.23. The van der Waals surface area contributed by atoms with Gasteiger partial charge in [0, 0.05) is 38.9 Å². The number of hydrogen-bond donors (Lipinski definition) is 1. The van der Waals surface area contributed by atoms with Crippen molar-refractivity contribution < 1.29 is 4.79 Å². The molecule has 1 aliphatic heterocycles. The lowest BCUT2D eigenvalue weighted by atomic mass is 10.2. The molecule has 0 saturated carbocycles. The Morgan fingerprint density at radius 3 is 2.33 bits per heavy atom. The SMILES string of the molecule is CNC(=O)CN1CCN(c2ccc(C)cc2)CC1. The zero-order valence-corrected chi connectivity index (χ0v) is 11.1. The molecule has 0 aromatic heterocycles. The molecule has 98 valence electrons. The first-order valence-electron chi connectivity index (χ1n) is 6.43. The van der Waals surface area contributed by atoms with Crippen LogP contribution in [-0.2, 0) is 4.79 Å². The number of likely N-dealkylation sites (N-methyl/N-ethyl adjacent to an activating group) is 1. The maximum absolute atomic E-state index is 11.3. The molecule has 1 N–H and O–H groups in total. The Morgan fingerprint density at radius 1 is 1.17 bits per heavy atom. The summed E-state index contributed by atoms with van der Waals surface area (Å²) in [7, 11) is 1.69. The van der Waals surface area contributed by atoms with E-state index in [1.807, 2.05) is 0 Å². The number of rotatable bonds is 3. The van der Waals surface area contributed by atoms with E-state index in [0.717, 1.165) is 26.2 Å².